The first kappa shape index (κ1) is 12.4. The molecule has 2 nitrogen and oxygen atoms in total. The standard InChI is InChI=1S/C9H18INO/c1-4-6-9(5-2)11(10)7-8(3)12/h9H,4-7H2,1-3H3/t9-/m0/s1. The maximum absolute atomic E-state index is 10.8. The lowest BCUT2D eigenvalue weighted by Gasteiger charge is -2.23. The fourth-order valence-corrected chi connectivity index (χ4v) is 2.37. The van der Waals surface area contributed by atoms with Gasteiger partial charge in [0.25, 0.3) is 0 Å². The van der Waals surface area contributed by atoms with Gasteiger partial charge in [-0.3, -0.25) is 4.79 Å². The molecule has 0 aliphatic heterocycles. The van der Waals surface area contributed by atoms with Gasteiger partial charge in [0, 0.05) is 28.9 Å². The van der Waals surface area contributed by atoms with Crippen molar-refractivity contribution in [3.05, 3.63) is 0 Å². The molecule has 0 amide bonds. The van der Waals surface area contributed by atoms with Gasteiger partial charge in [0.2, 0.25) is 0 Å². The van der Waals surface area contributed by atoms with E-state index in [-0.39, 0.29) is 5.78 Å². The van der Waals surface area contributed by atoms with Crippen LogP contribution < -0.4 is 0 Å². The van der Waals surface area contributed by atoms with Crippen molar-refractivity contribution in [2.45, 2.75) is 46.1 Å². The zero-order valence-corrected chi connectivity index (χ0v) is 10.3. The van der Waals surface area contributed by atoms with E-state index in [2.05, 4.69) is 39.8 Å². The van der Waals surface area contributed by atoms with Crippen LogP contribution in [0.5, 0.6) is 0 Å². The first-order valence-corrected chi connectivity index (χ1v) is 5.50. The van der Waals surface area contributed by atoms with Crippen molar-refractivity contribution < 1.29 is 4.79 Å². The number of hydrogen-bond donors (Lipinski definition) is 0. The van der Waals surface area contributed by atoms with Gasteiger partial charge in [0.05, 0.1) is 6.54 Å². The first-order valence-electron chi connectivity index (χ1n) is 4.53. The second kappa shape index (κ2) is 6.83. The molecule has 0 aliphatic rings. The van der Waals surface area contributed by atoms with Crippen molar-refractivity contribution in [2.24, 2.45) is 0 Å². The van der Waals surface area contributed by atoms with Crippen molar-refractivity contribution in [1.29, 1.82) is 0 Å². The molecule has 0 aliphatic carbocycles. The minimum Gasteiger partial charge on any atom is -0.299 e. The van der Waals surface area contributed by atoms with Crippen LogP contribution in [-0.2, 0) is 4.79 Å². The zero-order valence-electron chi connectivity index (χ0n) is 8.14. The molecule has 0 aromatic carbocycles. The van der Waals surface area contributed by atoms with E-state index >= 15 is 0 Å². The fourth-order valence-electron chi connectivity index (χ4n) is 1.22. The zero-order chi connectivity index (χ0) is 9.56. The van der Waals surface area contributed by atoms with Gasteiger partial charge in [0.15, 0.2) is 0 Å². The quantitative estimate of drug-likeness (QED) is 0.552. The van der Waals surface area contributed by atoms with Gasteiger partial charge in [-0.2, -0.15) is 0 Å². The van der Waals surface area contributed by atoms with Crippen LogP contribution in [0.4, 0.5) is 0 Å². The second-order valence-electron chi connectivity index (χ2n) is 3.11. The summed E-state index contributed by atoms with van der Waals surface area (Å²) in [6.45, 7) is 6.58. The van der Waals surface area contributed by atoms with Gasteiger partial charge in [-0.15, -0.1) is 0 Å². The van der Waals surface area contributed by atoms with Gasteiger partial charge < -0.3 is 0 Å². The Morgan fingerprint density at radius 3 is 2.42 bits per heavy atom. The lowest BCUT2D eigenvalue weighted by Crippen LogP contribution is -2.29. The summed E-state index contributed by atoms with van der Waals surface area (Å²) in [5.41, 5.74) is 0. The first-order chi connectivity index (χ1) is 5.61. The maximum Gasteiger partial charge on any atom is 0.144 e. The van der Waals surface area contributed by atoms with Gasteiger partial charge >= 0.3 is 0 Å². The van der Waals surface area contributed by atoms with Crippen molar-refractivity contribution >= 4 is 28.6 Å². The van der Waals surface area contributed by atoms with Crippen LogP contribution in [-0.4, -0.2) is 21.5 Å². The van der Waals surface area contributed by atoms with Crippen molar-refractivity contribution in [3.8, 4) is 0 Å². The molecule has 0 spiro atoms. The molecule has 3 heteroatoms. The summed E-state index contributed by atoms with van der Waals surface area (Å²) < 4.78 is 2.13. The third kappa shape index (κ3) is 5.09. The summed E-state index contributed by atoms with van der Waals surface area (Å²) >= 11 is 2.25. The van der Waals surface area contributed by atoms with E-state index in [1.807, 2.05) is 0 Å². The molecule has 0 heterocycles. The molecule has 0 unspecified atom stereocenters. The van der Waals surface area contributed by atoms with Crippen LogP contribution in [0.2, 0.25) is 0 Å². The predicted octanol–water partition coefficient (Wildman–Crippen LogP) is 2.81. The average molecular weight is 283 g/mol. The Balaban J connectivity index is 3.84. The van der Waals surface area contributed by atoms with Crippen molar-refractivity contribution in [3.63, 3.8) is 0 Å². The van der Waals surface area contributed by atoms with Gasteiger partial charge in [0.1, 0.15) is 5.78 Å². The molecule has 0 saturated heterocycles. The molecule has 0 radical (unpaired) electrons. The SMILES string of the molecule is CCC[C@H](CC)N(I)CC(C)=O. The van der Waals surface area contributed by atoms with Crippen LogP contribution in [0.3, 0.4) is 0 Å². The normalized spacial score (nSPS) is 13.4. The number of nitrogens with zero attached hydrogens (tertiary/aromatic N) is 1. The Bertz CT molecular complexity index is 138. The highest BCUT2D eigenvalue weighted by Gasteiger charge is 2.13. The lowest BCUT2D eigenvalue weighted by atomic mass is 10.1. The van der Waals surface area contributed by atoms with E-state index in [9.17, 15) is 4.79 Å². The minimum atomic E-state index is 0.249. The smallest absolute Gasteiger partial charge is 0.144 e. The molecule has 0 aromatic rings. The number of carbonyl (C=O) groups is 1. The molecule has 0 rings (SSSR count). The molecule has 0 aromatic heterocycles. The monoisotopic (exact) mass is 283 g/mol. The number of Topliss-reactive ketones (excluding diaryl/α,β-unsaturated/α-hetero) is 1. The molecule has 1 atom stereocenters. The Morgan fingerprint density at radius 1 is 1.50 bits per heavy atom. The average Bonchev–Trinajstić information content (AvgIpc) is 1.98. The maximum atomic E-state index is 10.8. The topological polar surface area (TPSA) is 20.3 Å². The van der Waals surface area contributed by atoms with E-state index in [0.717, 1.165) is 6.42 Å². The van der Waals surface area contributed by atoms with E-state index in [1.54, 1.807) is 6.92 Å². The third-order valence-electron chi connectivity index (χ3n) is 1.86. The van der Waals surface area contributed by atoms with Crippen LogP contribution in [0.15, 0.2) is 0 Å². The molecular weight excluding hydrogens is 265 g/mol. The van der Waals surface area contributed by atoms with Crippen LogP contribution in [0.25, 0.3) is 0 Å². The number of halogens is 1. The van der Waals surface area contributed by atoms with Gasteiger partial charge in [-0.05, 0) is 19.8 Å². The van der Waals surface area contributed by atoms with Crippen LogP contribution in [0.1, 0.15) is 40.0 Å². The van der Waals surface area contributed by atoms with Gasteiger partial charge in [-0.25, -0.2) is 3.11 Å². The number of hydrogen-bond acceptors (Lipinski definition) is 2. The predicted molar refractivity (Wildman–Crippen MR) is 60.4 cm³/mol. The second-order valence-corrected chi connectivity index (χ2v) is 4.35. The summed E-state index contributed by atoms with van der Waals surface area (Å²) in [6.07, 6.45) is 3.51. The summed E-state index contributed by atoms with van der Waals surface area (Å²) in [4.78, 5) is 10.8. The summed E-state index contributed by atoms with van der Waals surface area (Å²) in [6, 6.07) is 0.569. The van der Waals surface area contributed by atoms with E-state index in [1.165, 1.54) is 12.8 Å². The summed E-state index contributed by atoms with van der Waals surface area (Å²) in [5.74, 6) is 0.249. The Hall–Kier alpha value is 0.360. The summed E-state index contributed by atoms with van der Waals surface area (Å²) in [7, 11) is 0. The van der Waals surface area contributed by atoms with Crippen LogP contribution >= 0.6 is 22.9 Å². The van der Waals surface area contributed by atoms with E-state index < -0.39 is 0 Å². The molecule has 12 heavy (non-hydrogen) atoms. The van der Waals surface area contributed by atoms with Gasteiger partial charge in [-0.1, -0.05) is 20.3 Å². The molecular formula is C9H18INO. The highest BCUT2D eigenvalue weighted by molar-refractivity contribution is 14.1. The highest BCUT2D eigenvalue weighted by atomic mass is 127. The third-order valence-corrected chi connectivity index (χ3v) is 2.99. The molecule has 72 valence electrons. The molecule has 0 bridgehead atoms. The molecule has 0 N–H and O–H groups in total. The van der Waals surface area contributed by atoms with Crippen molar-refractivity contribution in [1.82, 2.24) is 3.11 Å². The number of rotatable bonds is 6. The van der Waals surface area contributed by atoms with E-state index in [4.69, 9.17) is 0 Å². The summed E-state index contributed by atoms with van der Waals surface area (Å²) in [5, 5.41) is 0. The van der Waals surface area contributed by atoms with Crippen LogP contribution in [0, 0.1) is 0 Å². The van der Waals surface area contributed by atoms with Crippen molar-refractivity contribution in [2.75, 3.05) is 6.54 Å². The largest absolute Gasteiger partial charge is 0.299 e. The fraction of sp³-hybridized carbons (Fsp3) is 0.889. The lowest BCUT2D eigenvalue weighted by molar-refractivity contribution is -0.117. The van der Waals surface area contributed by atoms with E-state index in [0.29, 0.717) is 12.6 Å². The number of carbonyl (C=O) groups excluding carboxylic acids is 1. The Morgan fingerprint density at radius 2 is 2.08 bits per heavy atom. The Kier molecular flexibility index (Phi) is 7.04. The number of ketones is 1. The Labute approximate surface area is 89.2 Å². The highest BCUT2D eigenvalue weighted by Crippen LogP contribution is 2.14. The molecule has 0 fully saturated rings. The minimum absolute atomic E-state index is 0.249. The molecule has 0 saturated carbocycles.